The molecule has 3 heteroatoms. The van der Waals surface area contributed by atoms with Crippen molar-refractivity contribution in [3.05, 3.63) is 35.5 Å². The zero-order valence-corrected chi connectivity index (χ0v) is 19.6. The molecule has 0 bridgehead atoms. The van der Waals surface area contributed by atoms with Crippen LogP contribution in [0.1, 0.15) is 85.5 Å². The average molecular weight is 417 g/mol. The molecular formula is C27H44O3. The summed E-state index contributed by atoms with van der Waals surface area (Å²) >= 11 is 0. The van der Waals surface area contributed by atoms with Gasteiger partial charge in [0.25, 0.3) is 0 Å². The molecule has 0 aromatic carbocycles. The average Bonchev–Trinajstić information content (AvgIpc) is 3.02. The van der Waals surface area contributed by atoms with Crippen LogP contribution in [0.5, 0.6) is 0 Å². The maximum absolute atomic E-state index is 10.8. The van der Waals surface area contributed by atoms with Crippen molar-refractivity contribution in [3.63, 3.8) is 0 Å². The fourth-order valence-electron chi connectivity index (χ4n) is 6.68. The Hall–Kier alpha value is -0.900. The third-order valence-electron chi connectivity index (χ3n) is 8.52. The smallest absolute Gasteiger partial charge is 0.0811 e. The predicted octanol–water partition coefficient (Wildman–Crippen LogP) is 5.56. The molecule has 3 N–H and O–H groups in total. The van der Waals surface area contributed by atoms with Gasteiger partial charge in [-0.2, -0.15) is 0 Å². The molecule has 3 nitrogen and oxygen atoms in total. The van der Waals surface area contributed by atoms with E-state index in [2.05, 4.69) is 40.3 Å². The number of aliphatic hydroxyl groups is 3. The summed E-state index contributed by atoms with van der Waals surface area (Å²) in [6, 6.07) is 0. The minimum atomic E-state index is -0.664. The van der Waals surface area contributed by atoms with Crippen LogP contribution in [0.15, 0.2) is 35.5 Å². The van der Waals surface area contributed by atoms with E-state index < -0.39 is 12.2 Å². The maximum atomic E-state index is 10.8. The molecule has 3 aliphatic rings. The molecule has 0 amide bonds. The summed E-state index contributed by atoms with van der Waals surface area (Å²) in [4.78, 5) is 0. The van der Waals surface area contributed by atoms with E-state index in [0.29, 0.717) is 24.3 Å². The zero-order valence-electron chi connectivity index (χ0n) is 19.6. The Morgan fingerprint density at radius 1 is 1.03 bits per heavy atom. The molecule has 0 aliphatic heterocycles. The van der Waals surface area contributed by atoms with Gasteiger partial charge in [0, 0.05) is 6.42 Å². The molecule has 3 fully saturated rings. The first-order valence-corrected chi connectivity index (χ1v) is 12.3. The summed E-state index contributed by atoms with van der Waals surface area (Å²) < 4.78 is 0. The zero-order chi connectivity index (χ0) is 22.1. The molecule has 170 valence electrons. The van der Waals surface area contributed by atoms with Crippen molar-refractivity contribution in [1.82, 2.24) is 0 Å². The first-order chi connectivity index (χ1) is 14.1. The second-order valence-corrected chi connectivity index (χ2v) is 11.1. The van der Waals surface area contributed by atoms with Gasteiger partial charge in [0.05, 0.1) is 18.3 Å². The number of hydrogen-bond donors (Lipinski definition) is 3. The number of hydrogen-bond acceptors (Lipinski definition) is 3. The lowest BCUT2D eigenvalue weighted by atomic mass is 9.60. The third-order valence-corrected chi connectivity index (χ3v) is 8.52. The highest BCUT2D eigenvalue weighted by Crippen LogP contribution is 2.60. The van der Waals surface area contributed by atoms with E-state index in [9.17, 15) is 15.3 Å². The van der Waals surface area contributed by atoms with Gasteiger partial charge in [-0.3, -0.25) is 0 Å². The quantitative estimate of drug-likeness (QED) is 0.531. The van der Waals surface area contributed by atoms with Crippen LogP contribution >= 0.6 is 0 Å². The van der Waals surface area contributed by atoms with E-state index in [0.717, 1.165) is 48.2 Å². The summed E-state index contributed by atoms with van der Waals surface area (Å²) in [5.74, 6) is 2.67. The lowest BCUT2D eigenvalue weighted by molar-refractivity contribution is 0.0442. The van der Waals surface area contributed by atoms with Gasteiger partial charge in [0.1, 0.15) is 0 Å². The first-order valence-electron chi connectivity index (χ1n) is 12.3. The van der Waals surface area contributed by atoms with Gasteiger partial charge in [-0.1, -0.05) is 65.7 Å². The largest absolute Gasteiger partial charge is 0.393 e. The van der Waals surface area contributed by atoms with Crippen LogP contribution in [0, 0.1) is 29.1 Å². The Kier molecular flexibility index (Phi) is 7.69. The van der Waals surface area contributed by atoms with E-state index in [-0.39, 0.29) is 11.5 Å². The predicted molar refractivity (Wildman–Crippen MR) is 124 cm³/mol. The van der Waals surface area contributed by atoms with Crippen LogP contribution < -0.4 is 0 Å². The lowest BCUT2D eigenvalue weighted by Crippen LogP contribution is -2.40. The van der Waals surface area contributed by atoms with Crippen molar-refractivity contribution in [2.75, 3.05) is 0 Å². The fourth-order valence-corrected chi connectivity index (χ4v) is 6.68. The maximum Gasteiger partial charge on any atom is 0.0811 e. The molecule has 0 heterocycles. The van der Waals surface area contributed by atoms with E-state index in [1.54, 1.807) is 0 Å². The van der Waals surface area contributed by atoms with Crippen molar-refractivity contribution < 1.29 is 15.3 Å². The molecule has 30 heavy (non-hydrogen) atoms. The highest BCUT2D eigenvalue weighted by Gasteiger charge is 2.52. The van der Waals surface area contributed by atoms with Crippen LogP contribution in [-0.4, -0.2) is 33.6 Å². The molecule has 7 atom stereocenters. The number of allylic oxidation sites excluding steroid dienone is 2. The Labute approximate surface area is 184 Å². The summed E-state index contributed by atoms with van der Waals surface area (Å²) in [7, 11) is 0. The van der Waals surface area contributed by atoms with Crippen LogP contribution in [-0.2, 0) is 0 Å². The van der Waals surface area contributed by atoms with Gasteiger partial charge < -0.3 is 15.3 Å². The van der Waals surface area contributed by atoms with Gasteiger partial charge in [0.2, 0.25) is 0 Å². The molecule has 0 radical (unpaired) electrons. The highest BCUT2D eigenvalue weighted by atomic mass is 16.3. The van der Waals surface area contributed by atoms with E-state index >= 15 is 0 Å². The third kappa shape index (κ3) is 4.95. The number of fused-ring (bicyclic) bond motifs is 1. The molecule has 2 unspecified atom stereocenters. The SMILES string of the molecule is C=C1/C(=C/C=C2\C(O)CC[C@@]3(C)[C@@H]2CC[C@@H]3[C@H](C)CCCC(C)C)C[C@H](O)CC1O. The van der Waals surface area contributed by atoms with Crippen LogP contribution in [0.2, 0.25) is 0 Å². The van der Waals surface area contributed by atoms with E-state index in [1.807, 2.05) is 6.08 Å². The molecule has 0 aromatic rings. The van der Waals surface area contributed by atoms with Gasteiger partial charge in [-0.15, -0.1) is 0 Å². The van der Waals surface area contributed by atoms with Crippen LogP contribution in [0.4, 0.5) is 0 Å². The topological polar surface area (TPSA) is 60.7 Å². The van der Waals surface area contributed by atoms with Crippen molar-refractivity contribution in [2.24, 2.45) is 29.1 Å². The van der Waals surface area contributed by atoms with Gasteiger partial charge in [0.15, 0.2) is 0 Å². The Morgan fingerprint density at radius 3 is 2.47 bits per heavy atom. The van der Waals surface area contributed by atoms with Gasteiger partial charge in [-0.25, -0.2) is 0 Å². The number of aliphatic hydroxyl groups excluding tert-OH is 3. The normalized spacial score (nSPS) is 40.9. The van der Waals surface area contributed by atoms with Crippen LogP contribution in [0.25, 0.3) is 0 Å². The molecule has 3 saturated carbocycles. The lowest BCUT2D eigenvalue weighted by Gasteiger charge is -2.46. The first kappa shape index (κ1) is 23.8. The summed E-state index contributed by atoms with van der Waals surface area (Å²) in [6.07, 6.45) is 11.8. The second-order valence-electron chi connectivity index (χ2n) is 11.1. The van der Waals surface area contributed by atoms with Crippen molar-refractivity contribution >= 4 is 0 Å². The summed E-state index contributed by atoms with van der Waals surface area (Å²) in [5.41, 5.74) is 3.07. The molecular weight excluding hydrogens is 372 g/mol. The van der Waals surface area contributed by atoms with Crippen molar-refractivity contribution in [3.8, 4) is 0 Å². The van der Waals surface area contributed by atoms with E-state index in [1.165, 1.54) is 25.7 Å². The summed E-state index contributed by atoms with van der Waals surface area (Å²) in [6.45, 7) is 13.6. The molecule has 3 rings (SSSR count). The summed E-state index contributed by atoms with van der Waals surface area (Å²) in [5, 5.41) is 31.0. The Balaban J connectivity index is 1.77. The number of rotatable bonds is 6. The molecule has 0 spiro atoms. The van der Waals surface area contributed by atoms with Gasteiger partial charge in [-0.05, 0) is 77.9 Å². The van der Waals surface area contributed by atoms with Gasteiger partial charge >= 0.3 is 0 Å². The molecule has 0 saturated heterocycles. The monoisotopic (exact) mass is 416 g/mol. The van der Waals surface area contributed by atoms with Crippen LogP contribution in [0.3, 0.4) is 0 Å². The minimum absolute atomic E-state index is 0.267. The Morgan fingerprint density at radius 2 is 1.77 bits per heavy atom. The molecule has 0 aromatic heterocycles. The molecule has 3 aliphatic carbocycles. The van der Waals surface area contributed by atoms with E-state index in [4.69, 9.17) is 0 Å². The standard InChI is InChI=1S/C27H44O3/c1-17(2)7-6-8-18(3)23-11-12-24-22(25(29)13-14-27(23,24)5)10-9-20-15-21(28)16-26(30)19(20)4/h9-10,17-18,21,23-26,28-30H,4,6-8,11-16H2,1-3,5H3/b20-9+,22-10-/t18-,21+,23-,24-,25?,26?,27-/m1/s1. The highest BCUT2D eigenvalue weighted by molar-refractivity contribution is 5.39. The fraction of sp³-hybridized carbons (Fsp3) is 0.778. The second kappa shape index (κ2) is 9.71. The van der Waals surface area contributed by atoms with Crippen molar-refractivity contribution in [1.29, 1.82) is 0 Å². The van der Waals surface area contributed by atoms with Crippen molar-refractivity contribution in [2.45, 2.75) is 104 Å². The minimum Gasteiger partial charge on any atom is -0.393 e. The Bertz CT molecular complexity index is 676.